The van der Waals surface area contributed by atoms with Gasteiger partial charge < -0.3 is 5.32 Å². The molecule has 0 bridgehead atoms. The van der Waals surface area contributed by atoms with Gasteiger partial charge in [0.15, 0.2) is 0 Å². The fourth-order valence-electron chi connectivity index (χ4n) is 2.77. The largest absolute Gasteiger partial charge is 0.325 e. The third-order valence-electron chi connectivity index (χ3n) is 3.75. The predicted octanol–water partition coefficient (Wildman–Crippen LogP) is 2.85. The number of halogens is 1. The summed E-state index contributed by atoms with van der Waals surface area (Å²) in [7, 11) is 0. The molecule has 5 nitrogen and oxygen atoms in total. The maximum atomic E-state index is 11.6. The van der Waals surface area contributed by atoms with Crippen LogP contribution in [0, 0.1) is 5.92 Å². The molecule has 2 aliphatic rings. The number of anilines is 1. The maximum absolute atomic E-state index is 11.6. The molecule has 0 saturated heterocycles. The summed E-state index contributed by atoms with van der Waals surface area (Å²) in [6.45, 7) is 1.63. The predicted molar refractivity (Wildman–Crippen MR) is 74.8 cm³/mol. The number of rotatable bonds is 2. The van der Waals surface area contributed by atoms with Crippen molar-refractivity contribution in [1.82, 2.24) is 0 Å². The summed E-state index contributed by atoms with van der Waals surface area (Å²) in [6.07, 6.45) is 1.24. The molecule has 0 fully saturated rings. The molecule has 1 aromatic rings. The van der Waals surface area contributed by atoms with Crippen LogP contribution in [0.2, 0.25) is 0 Å². The smallest absolute Gasteiger partial charge is 0.264 e. The highest BCUT2D eigenvalue weighted by Gasteiger charge is 2.36. The zero-order valence-electron chi connectivity index (χ0n) is 11.0. The SMILES string of the molecule is CC(Cl)C(=O)Nc1ccc2c(c1)CC1CC(=O)N=NC21. The molecule has 3 unspecified atom stereocenters. The molecular weight excluding hydrogens is 278 g/mol. The molecule has 1 heterocycles. The van der Waals surface area contributed by atoms with Crippen LogP contribution >= 0.6 is 11.6 Å². The fraction of sp³-hybridized carbons (Fsp3) is 0.429. The average molecular weight is 292 g/mol. The van der Waals surface area contributed by atoms with Crippen molar-refractivity contribution >= 4 is 29.1 Å². The van der Waals surface area contributed by atoms with Crippen LogP contribution in [-0.2, 0) is 16.0 Å². The summed E-state index contributed by atoms with van der Waals surface area (Å²) in [5.41, 5.74) is 2.94. The van der Waals surface area contributed by atoms with Crippen molar-refractivity contribution < 1.29 is 9.59 Å². The minimum atomic E-state index is -0.572. The van der Waals surface area contributed by atoms with Crippen LogP contribution in [0.1, 0.15) is 30.5 Å². The number of hydrogen-bond donors (Lipinski definition) is 1. The quantitative estimate of drug-likeness (QED) is 0.851. The van der Waals surface area contributed by atoms with Crippen molar-refractivity contribution in [2.45, 2.75) is 31.2 Å². The number of hydrogen-bond acceptors (Lipinski definition) is 3. The van der Waals surface area contributed by atoms with E-state index in [2.05, 4.69) is 15.5 Å². The number of azo groups is 1. The molecule has 0 saturated carbocycles. The summed E-state index contributed by atoms with van der Waals surface area (Å²) in [6, 6.07) is 5.71. The van der Waals surface area contributed by atoms with Crippen LogP contribution in [-0.4, -0.2) is 17.2 Å². The molecule has 20 heavy (non-hydrogen) atoms. The molecule has 0 radical (unpaired) electrons. The number of nitrogens with zero attached hydrogens (tertiary/aromatic N) is 2. The lowest BCUT2D eigenvalue weighted by Crippen LogP contribution is -2.20. The van der Waals surface area contributed by atoms with Gasteiger partial charge in [0.25, 0.3) is 5.91 Å². The Morgan fingerprint density at radius 3 is 3.00 bits per heavy atom. The van der Waals surface area contributed by atoms with Gasteiger partial charge in [-0.25, -0.2) is 0 Å². The van der Waals surface area contributed by atoms with Gasteiger partial charge in [-0.15, -0.1) is 16.7 Å². The summed E-state index contributed by atoms with van der Waals surface area (Å²) < 4.78 is 0. The Balaban J connectivity index is 1.84. The van der Waals surface area contributed by atoms with Gasteiger partial charge in [0.1, 0.15) is 11.4 Å². The third-order valence-corrected chi connectivity index (χ3v) is 3.95. The first-order valence-corrected chi connectivity index (χ1v) is 6.99. The van der Waals surface area contributed by atoms with Crippen molar-refractivity contribution in [2.75, 3.05) is 5.32 Å². The van der Waals surface area contributed by atoms with Gasteiger partial charge in [0.2, 0.25) is 5.91 Å². The molecule has 3 rings (SSSR count). The van der Waals surface area contributed by atoms with Crippen LogP contribution in [0.5, 0.6) is 0 Å². The van der Waals surface area contributed by atoms with Gasteiger partial charge in [-0.3, -0.25) is 9.59 Å². The minimum Gasteiger partial charge on any atom is -0.325 e. The van der Waals surface area contributed by atoms with Gasteiger partial charge in [-0.2, -0.15) is 5.11 Å². The van der Waals surface area contributed by atoms with E-state index in [1.165, 1.54) is 0 Å². The number of fused-ring (bicyclic) bond motifs is 3. The van der Waals surface area contributed by atoms with E-state index in [-0.39, 0.29) is 23.8 Å². The maximum Gasteiger partial charge on any atom is 0.264 e. The third kappa shape index (κ3) is 2.33. The van der Waals surface area contributed by atoms with E-state index in [0.29, 0.717) is 6.42 Å². The van der Waals surface area contributed by atoms with E-state index in [1.54, 1.807) is 6.92 Å². The zero-order valence-corrected chi connectivity index (χ0v) is 11.7. The standard InChI is InChI=1S/C14H14ClN3O2/c1-7(15)14(20)16-10-2-3-11-8(5-10)4-9-6-12(19)17-18-13(9)11/h2-3,5,7,9,13H,4,6H2,1H3,(H,16,20). The molecule has 2 amide bonds. The second kappa shape index (κ2) is 4.98. The molecule has 1 N–H and O–H groups in total. The van der Waals surface area contributed by atoms with Crippen LogP contribution in [0.4, 0.5) is 5.69 Å². The Bertz CT molecular complexity index is 612. The van der Waals surface area contributed by atoms with E-state index >= 15 is 0 Å². The van der Waals surface area contributed by atoms with E-state index in [0.717, 1.165) is 23.2 Å². The van der Waals surface area contributed by atoms with E-state index in [1.807, 2.05) is 18.2 Å². The van der Waals surface area contributed by atoms with Crippen molar-refractivity contribution in [3.05, 3.63) is 29.3 Å². The summed E-state index contributed by atoms with van der Waals surface area (Å²) in [5, 5.41) is 9.96. The van der Waals surface area contributed by atoms with Crippen LogP contribution in [0.3, 0.4) is 0 Å². The van der Waals surface area contributed by atoms with Crippen molar-refractivity contribution in [2.24, 2.45) is 16.1 Å². The van der Waals surface area contributed by atoms with Gasteiger partial charge in [-0.1, -0.05) is 6.07 Å². The number of benzene rings is 1. The molecule has 0 aromatic heterocycles. The van der Waals surface area contributed by atoms with Gasteiger partial charge in [-0.05, 0) is 36.6 Å². The first-order valence-electron chi connectivity index (χ1n) is 6.56. The number of amides is 2. The molecule has 6 heteroatoms. The Morgan fingerprint density at radius 2 is 2.25 bits per heavy atom. The molecule has 1 aliphatic heterocycles. The molecule has 104 valence electrons. The lowest BCUT2D eigenvalue weighted by atomic mass is 9.96. The monoisotopic (exact) mass is 291 g/mol. The summed E-state index contributed by atoms with van der Waals surface area (Å²) >= 11 is 5.73. The number of carbonyl (C=O) groups excluding carboxylic acids is 2. The van der Waals surface area contributed by atoms with Crippen molar-refractivity contribution in [3.63, 3.8) is 0 Å². The molecule has 0 spiro atoms. The zero-order chi connectivity index (χ0) is 14.3. The number of nitrogens with one attached hydrogen (secondary N) is 1. The highest BCUT2D eigenvalue weighted by Crippen LogP contribution is 2.43. The van der Waals surface area contributed by atoms with Crippen molar-refractivity contribution in [1.29, 1.82) is 0 Å². The second-order valence-corrected chi connectivity index (χ2v) is 5.90. The van der Waals surface area contributed by atoms with Gasteiger partial charge in [0.05, 0.1) is 0 Å². The van der Waals surface area contributed by atoms with E-state index in [4.69, 9.17) is 11.6 Å². The van der Waals surface area contributed by atoms with E-state index in [9.17, 15) is 9.59 Å². The summed E-state index contributed by atoms with van der Waals surface area (Å²) in [4.78, 5) is 22.9. The van der Waals surface area contributed by atoms with Crippen molar-refractivity contribution in [3.8, 4) is 0 Å². The highest BCUT2D eigenvalue weighted by atomic mass is 35.5. The minimum absolute atomic E-state index is 0.0144. The average Bonchev–Trinajstić information content (AvgIpc) is 2.74. The van der Waals surface area contributed by atoms with Gasteiger partial charge in [0, 0.05) is 18.0 Å². The molecule has 1 aromatic carbocycles. The lowest BCUT2D eigenvalue weighted by molar-refractivity contribution is -0.120. The topological polar surface area (TPSA) is 70.9 Å². The lowest BCUT2D eigenvalue weighted by Gasteiger charge is -2.17. The Kier molecular flexibility index (Phi) is 3.30. The second-order valence-electron chi connectivity index (χ2n) is 5.24. The van der Waals surface area contributed by atoms with Crippen LogP contribution < -0.4 is 5.32 Å². The molecular formula is C14H14ClN3O2. The fourth-order valence-corrected chi connectivity index (χ4v) is 2.83. The first kappa shape index (κ1) is 13.2. The highest BCUT2D eigenvalue weighted by molar-refractivity contribution is 6.32. The van der Waals surface area contributed by atoms with E-state index < -0.39 is 5.38 Å². The molecule has 1 aliphatic carbocycles. The number of alkyl halides is 1. The Labute approximate surface area is 121 Å². The van der Waals surface area contributed by atoms with Gasteiger partial charge >= 0.3 is 0 Å². The Morgan fingerprint density at radius 1 is 1.45 bits per heavy atom. The van der Waals surface area contributed by atoms with Crippen LogP contribution in [0.15, 0.2) is 28.4 Å². The first-order chi connectivity index (χ1) is 9.54. The Hall–Kier alpha value is -1.75. The number of carbonyl (C=O) groups is 2. The normalized spacial score (nSPS) is 25.0. The van der Waals surface area contributed by atoms with Crippen LogP contribution in [0.25, 0.3) is 0 Å². The molecule has 3 atom stereocenters. The summed E-state index contributed by atoms with van der Waals surface area (Å²) in [5.74, 6) is -0.173.